The van der Waals surface area contributed by atoms with E-state index in [1.54, 1.807) is 6.07 Å². The highest BCUT2D eigenvalue weighted by Gasteiger charge is 2.09. The lowest BCUT2D eigenvalue weighted by Gasteiger charge is -2.10. The summed E-state index contributed by atoms with van der Waals surface area (Å²) in [6, 6.07) is 8.69. The van der Waals surface area contributed by atoms with Gasteiger partial charge in [0.1, 0.15) is 11.8 Å². The molecule has 3 heteroatoms. The average molecular weight is 176 g/mol. The Bertz CT molecular complexity index is 317. The summed E-state index contributed by atoms with van der Waals surface area (Å²) in [6.45, 7) is 2.48. The summed E-state index contributed by atoms with van der Waals surface area (Å²) < 4.78 is 5.33. The van der Waals surface area contributed by atoms with E-state index in [0.717, 1.165) is 5.56 Å². The molecule has 68 valence electrons. The normalized spacial score (nSPS) is 11.8. The minimum Gasteiger partial charge on any atom is -0.493 e. The van der Waals surface area contributed by atoms with E-state index in [-0.39, 0.29) is 0 Å². The van der Waals surface area contributed by atoms with E-state index < -0.39 is 6.04 Å². The molecular weight excluding hydrogens is 164 g/mol. The lowest BCUT2D eigenvalue weighted by molar-refractivity contribution is 0.336. The average Bonchev–Trinajstić information content (AvgIpc) is 2.18. The zero-order chi connectivity index (χ0) is 9.68. The van der Waals surface area contributed by atoms with Gasteiger partial charge in [-0.25, -0.2) is 0 Å². The molecule has 0 spiro atoms. The lowest BCUT2D eigenvalue weighted by atomic mass is 10.1. The van der Waals surface area contributed by atoms with Crippen molar-refractivity contribution in [3.05, 3.63) is 29.8 Å². The van der Waals surface area contributed by atoms with Gasteiger partial charge in [0.25, 0.3) is 0 Å². The predicted octanol–water partition coefficient (Wildman–Crippen LogP) is 1.61. The number of benzene rings is 1. The van der Waals surface area contributed by atoms with Crippen LogP contribution in [0.4, 0.5) is 0 Å². The van der Waals surface area contributed by atoms with Gasteiger partial charge in [0.15, 0.2) is 0 Å². The first-order valence-electron chi connectivity index (χ1n) is 4.16. The van der Waals surface area contributed by atoms with Crippen LogP contribution in [0.1, 0.15) is 18.5 Å². The number of nitrogens with two attached hydrogens (primary N) is 1. The number of hydrogen-bond acceptors (Lipinski definition) is 3. The van der Waals surface area contributed by atoms with Crippen molar-refractivity contribution in [2.45, 2.75) is 13.0 Å². The monoisotopic (exact) mass is 176 g/mol. The topological polar surface area (TPSA) is 59.0 Å². The quantitative estimate of drug-likeness (QED) is 0.761. The van der Waals surface area contributed by atoms with Crippen LogP contribution in [0.5, 0.6) is 5.75 Å². The molecule has 0 heterocycles. The van der Waals surface area contributed by atoms with Crippen molar-refractivity contribution in [1.82, 2.24) is 0 Å². The van der Waals surface area contributed by atoms with E-state index in [9.17, 15) is 0 Å². The highest BCUT2D eigenvalue weighted by Crippen LogP contribution is 2.22. The van der Waals surface area contributed by atoms with Gasteiger partial charge in [-0.05, 0) is 13.0 Å². The first kappa shape index (κ1) is 9.56. The maximum absolute atomic E-state index is 8.65. The molecule has 0 aliphatic heterocycles. The highest BCUT2D eigenvalue weighted by molar-refractivity contribution is 5.38. The zero-order valence-electron chi connectivity index (χ0n) is 7.53. The van der Waals surface area contributed by atoms with Gasteiger partial charge >= 0.3 is 0 Å². The Labute approximate surface area is 77.7 Å². The number of nitriles is 1. The van der Waals surface area contributed by atoms with Crippen molar-refractivity contribution < 1.29 is 4.74 Å². The Hall–Kier alpha value is -1.53. The minimum atomic E-state index is -0.609. The summed E-state index contributed by atoms with van der Waals surface area (Å²) in [5, 5.41) is 8.65. The summed E-state index contributed by atoms with van der Waals surface area (Å²) in [6.07, 6.45) is 0. The van der Waals surface area contributed by atoms with Crippen molar-refractivity contribution >= 4 is 0 Å². The fourth-order valence-electron chi connectivity index (χ4n) is 1.09. The first-order valence-corrected chi connectivity index (χ1v) is 4.16. The third-order valence-corrected chi connectivity index (χ3v) is 1.69. The Morgan fingerprint density at radius 2 is 2.23 bits per heavy atom. The summed E-state index contributed by atoms with van der Waals surface area (Å²) in [5.41, 5.74) is 6.33. The van der Waals surface area contributed by atoms with Gasteiger partial charge in [0.05, 0.1) is 12.7 Å². The van der Waals surface area contributed by atoms with E-state index in [4.69, 9.17) is 15.7 Å². The van der Waals surface area contributed by atoms with Gasteiger partial charge < -0.3 is 10.5 Å². The molecule has 0 aliphatic rings. The van der Waals surface area contributed by atoms with Crippen molar-refractivity contribution in [2.24, 2.45) is 5.73 Å². The molecule has 2 N–H and O–H groups in total. The van der Waals surface area contributed by atoms with Crippen LogP contribution in [0.15, 0.2) is 24.3 Å². The predicted molar refractivity (Wildman–Crippen MR) is 50.2 cm³/mol. The van der Waals surface area contributed by atoms with Crippen LogP contribution < -0.4 is 10.5 Å². The second-order valence-electron chi connectivity index (χ2n) is 2.58. The van der Waals surface area contributed by atoms with E-state index >= 15 is 0 Å². The second-order valence-corrected chi connectivity index (χ2v) is 2.58. The largest absolute Gasteiger partial charge is 0.493 e. The van der Waals surface area contributed by atoms with Crippen molar-refractivity contribution in [3.63, 3.8) is 0 Å². The standard InChI is InChI=1S/C10H12N2O/c1-2-13-10-6-4-3-5-8(10)9(12)7-11/h3-6,9H,2,12H2,1H3/t9-/m1/s1. The Kier molecular flexibility index (Phi) is 3.30. The van der Waals surface area contributed by atoms with Crippen LogP contribution in [0.25, 0.3) is 0 Å². The summed E-state index contributed by atoms with van der Waals surface area (Å²) >= 11 is 0. The molecule has 13 heavy (non-hydrogen) atoms. The van der Waals surface area contributed by atoms with Crippen molar-refractivity contribution in [2.75, 3.05) is 6.61 Å². The van der Waals surface area contributed by atoms with Crippen LogP contribution in [0.2, 0.25) is 0 Å². The number of para-hydroxylation sites is 1. The maximum Gasteiger partial charge on any atom is 0.125 e. The zero-order valence-corrected chi connectivity index (χ0v) is 7.53. The van der Waals surface area contributed by atoms with Gasteiger partial charge in [-0.2, -0.15) is 5.26 Å². The van der Waals surface area contributed by atoms with E-state index in [1.807, 2.05) is 31.2 Å². The number of ether oxygens (including phenoxy) is 1. The highest BCUT2D eigenvalue weighted by atomic mass is 16.5. The Morgan fingerprint density at radius 3 is 2.85 bits per heavy atom. The summed E-state index contributed by atoms with van der Waals surface area (Å²) in [5.74, 6) is 0.694. The molecule has 0 unspecified atom stereocenters. The van der Waals surface area contributed by atoms with Crippen molar-refractivity contribution in [1.29, 1.82) is 5.26 Å². The molecule has 0 bridgehead atoms. The van der Waals surface area contributed by atoms with Crippen LogP contribution in [-0.4, -0.2) is 6.61 Å². The molecule has 1 rings (SSSR count). The molecule has 3 nitrogen and oxygen atoms in total. The maximum atomic E-state index is 8.65. The Morgan fingerprint density at radius 1 is 1.54 bits per heavy atom. The first-order chi connectivity index (χ1) is 6.29. The molecule has 1 aromatic rings. The molecule has 0 aromatic heterocycles. The van der Waals surface area contributed by atoms with Gasteiger partial charge in [-0.3, -0.25) is 0 Å². The molecule has 0 amide bonds. The fraction of sp³-hybridized carbons (Fsp3) is 0.300. The molecule has 0 fully saturated rings. The number of rotatable bonds is 3. The third-order valence-electron chi connectivity index (χ3n) is 1.69. The van der Waals surface area contributed by atoms with Gasteiger partial charge in [-0.1, -0.05) is 18.2 Å². The molecule has 0 saturated heterocycles. The van der Waals surface area contributed by atoms with Gasteiger partial charge in [-0.15, -0.1) is 0 Å². The summed E-state index contributed by atoms with van der Waals surface area (Å²) in [7, 11) is 0. The van der Waals surface area contributed by atoms with E-state index in [2.05, 4.69) is 0 Å². The summed E-state index contributed by atoms with van der Waals surface area (Å²) in [4.78, 5) is 0. The SMILES string of the molecule is CCOc1ccccc1[C@H](N)C#N. The second kappa shape index (κ2) is 4.48. The molecule has 0 aliphatic carbocycles. The smallest absolute Gasteiger partial charge is 0.125 e. The fourth-order valence-corrected chi connectivity index (χ4v) is 1.09. The van der Waals surface area contributed by atoms with Crippen LogP contribution in [-0.2, 0) is 0 Å². The van der Waals surface area contributed by atoms with Gasteiger partial charge in [0.2, 0.25) is 0 Å². The molecule has 0 saturated carbocycles. The minimum absolute atomic E-state index is 0.579. The van der Waals surface area contributed by atoms with Gasteiger partial charge in [0, 0.05) is 5.56 Å². The van der Waals surface area contributed by atoms with Crippen LogP contribution >= 0.6 is 0 Å². The molecular formula is C10H12N2O. The third kappa shape index (κ3) is 2.20. The number of hydrogen-bond donors (Lipinski definition) is 1. The molecule has 0 radical (unpaired) electrons. The molecule has 1 aromatic carbocycles. The molecule has 1 atom stereocenters. The van der Waals surface area contributed by atoms with Crippen LogP contribution in [0, 0.1) is 11.3 Å². The number of nitrogens with zero attached hydrogens (tertiary/aromatic N) is 1. The Balaban J connectivity index is 2.98. The van der Waals surface area contributed by atoms with E-state index in [1.165, 1.54) is 0 Å². The lowest BCUT2D eigenvalue weighted by Crippen LogP contribution is -2.09. The van der Waals surface area contributed by atoms with Crippen molar-refractivity contribution in [3.8, 4) is 11.8 Å². The van der Waals surface area contributed by atoms with E-state index in [0.29, 0.717) is 12.4 Å². The van der Waals surface area contributed by atoms with Crippen LogP contribution in [0.3, 0.4) is 0 Å².